The van der Waals surface area contributed by atoms with Gasteiger partial charge in [-0.15, -0.1) is 0 Å². The summed E-state index contributed by atoms with van der Waals surface area (Å²) in [5.41, 5.74) is 1.40. The van der Waals surface area contributed by atoms with E-state index < -0.39 is 0 Å². The van der Waals surface area contributed by atoms with E-state index in [2.05, 4.69) is 6.92 Å². The van der Waals surface area contributed by atoms with Crippen LogP contribution in [0.4, 0.5) is 10.5 Å². The number of fused-ring (bicyclic) bond motifs is 1. The van der Waals surface area contributed by atoms with E-state index in [1.807, 2.05) is 61.5 Å². The highest BCUT2D eigenvalue weighted by molar-refractivity contribution is 8.19. The van der Waals surface area contributed by atoms with Crippen LogP contribution in [-0.2, 0) is 4.79 Å². The average molecular weight is 404 g/mol. The molecule has 5 heteroatoms. The summed E-state index contributed by atoms with van der Waals surface area (Å²) in [6.07, 6.45) is 2.70. The Morgan fingerprint density at radius 2 is 1.72 bits per heavy atom. The van der Waals surface area contributed by atoms with E-state index in [1.165, 1.54) is 4.90 Å². The average Bonchev–Trinajstić information content (AvgIpc) is 3.03. The zero-order valence-corrected chi connectivity index (χ0v) is 17.1. The largest absolute Gasteiger partial charge is 0.490 e. The number of rotatable bonds is 5. The van der Waals surface area contributed by atoms with Crippen LogP contribution in [0.3, 0.4) is 0 Å². The summed E-state index contributed by atoms with van der Waals surface area (Å²) < 4.78 is 6.12. The molecule has 1 fully saturated rings. The number of carbonyl (C=O) groups excluding carboxylic acids is 2. The standard InChI is InChI=1S/C24H21NO3S/c1-3-16(2)28-21-14-13-17-9-7-8-12-19(17)20(21)15-22-23(26)25(24(27)29-22)18-10-5-4-6-11-18/h4-16H,3H2,1-2H3/b22-15+/t16-/m0/s1. The van der Waals surface area contributed by atoms with Crippen molar-refractivity contribution in [1.29, 1.82) is 0 Å². The smallest absolute Gasteiger partial charge is 0.298 e. The normalized spacial score (nSPS) is 16.6. The molecule has 3 aromatic carbocycles. The van der Waals surface area contributed by atoms with Crippen molar-refractivity contribution in [2.45, 2.75) is 26.4 Å². The lowest BCUT2D eigenvalue weighted by Crippen LogP contribution is -2.27. The van der Waals surface area contributed by atoms with Gasteiger partial charge < -0.3 is 4.74 Å². The Bertz CT molecular complexity index is 1110. The molecule has 0 saturated carbocycles. The van der Waals surface area contributed by atoms with E-state index in [4.69, 9.17) is 4.74 Å². The Balaban J connectivity index is 1.80. The number of hydrogen-bond donors (Lipinski definition) is 0. The maximum atomic E-state index is 13.0. The van der Waals surface area contributed by atoms with E-state index in [1.54, 1.807) is 18.2 Å². The highest BCUT2D eigenvalue weighted by atomic mass is 32.2. The molecule has 0 spiro atoms. The van der Waals surface area contributed by atoms with E-state index in [0.717, 1.165) is 34.5 Å². The number of thioether (sulfide) groups is 1. The Hall–Kier alpha value is -3.05. The molecule has 146 valence electrons. The Morgan fingerprint density at radius 1 is 1.00 bits per heavy atom. The molecule has 1 aliphatic heterocycles. The fourth-order valence-corrected chi connectivity index (χ4v) is 4.05. The van der Waals surface area contributed by atoms with Gasteiger partial charge in [0.25, 0.3) is 11.1 Å². The summed E-state index contributed by atoms with van der Waals surface area (Å²) in [5, 5.41) is 1.74. The molecule has 1 heterocycles. The Morgan fingerprint density at radius 3 is 2.48 bits per heavy atom. The zero-order valence-electron chi connectivity index (χ0n) is 16.3. The van der Waals surface area contributed by atoms with E-state index in [-0.39, 0.29) is 17.3 Å². The van der Waals surface area contributed by atoms with Crippen LogP contribution in [0, 0.1) is 0 Å². The zero-order chi connectivity index (χ0) is 20.4. The molecule has 2 amide bonds. The predicted molar refractivity (Wildman–Crippen MR) is 119 cm³/mol. The molecular weight excluding hydrogens is 382 g/mol. The van der Waals surface area contributed by atoms with Gasteiger partial charge in [-0.2, -0.15) is 0 Å². The lowest BCUT2D eigenvalue weighted by atomic mass is 10.0. The predicted octanol–water partition coefficient (Wildman–Crippen LogP) is 6.26. The van der Waals surface area contributed by atoms with Crippen LogP contribution in [0.25, 0.3) is 16.8 Å². The van der Waals surface area contributed by atoms with Crippen molar-refractivity contribution < 1.29 is 14.3 Å². The fourth-order valence-electron chi connectivity index (χ4n) is 3.23. The van der Waals surface area contributed by atoms with Gasteiger partial charge in [0, 0.05) is 5.56 Å². The van der Waals surface area contributed by atoms with Crippen LogP contribution in [0.2, 0.25) is 0 Å². The molecule has 0 N–H and O–H groups in total. The van der Waals surface area contributed by atoms with Crippen LogP contribution in [0.1, 0.15) is 25.8 Å². The minimum atomic E-state index is -0.311. The molecule has 0 bridgehead atoms. The van der Waals surface area contributed by atoms with Crippen molar-refractivity contribution in [3.63, 3.8) is 0 Å². The molecular formula is C24H21NO3S. The van der Waals surface area contributed by atoms with Crippen molar-refractivity contribution in [3.8, 4) is 5.75 Å². The van der Waals surface area contributed by atoms with Crippen LogP contribution in [0.15, 0.2) is 71.6 Å². The highest BCUT2D eigenvalue weighted by Crippen LogP contribution is 2.38. The van der Waals surface area contributed by atoms with Gasteiger partial charge in [-0.05, 0) is 60.2 Å². The molecule has 0 aromatic heterocycles. The maximum absolute atomic E-state index is 13.0. The molecule has 29 heavy (non-hydrogen) atoms. The third-order valence-corrected chi connectivity index (χ3v) is 5.79. The van der Waals surface area contributed by atoms with E-state index in [0.29, 0.717) is 16.3 Å². The second-order valence-corrected chi connectivity index (χ2v) is 7.88. The van der Waals surface area contributed by atoms with Gasteiger partial charge in [0.15, 0.2) is 0 Å². The van der Waals surface area contributed by atoms with Gasteiger partial charge in [0.05, 0.1) is 16.7 Å². The minimum Gasteiger partial charge on any atom is -0.490 e. The number of hydrogen-bond acceptors (Lipinski definition) is 4. The number of ether oxygens (including phenoxy) is 1. The molecule has 4 nitrogen and oxygen atoms in total. The van der Waals surface area contributed by atoms with Gasteiger partial charge in [-0.1, -0.05) is 55.5 Å². The molecule has 1 atom stereocenters. The van der Waals surface area contributed by atoms with Crippen LogP contribution >= 0.6 is 11.8 Å². The van der Waals surface area contributed by atoms with E-state index >= 15 is 0 Å². The summed E-state index contributed by atoms with van der Waals surface area (Å²) in [5.74, 6) is 0.401. The molecule has 1 aliphatic rings. The van der Waals surface area contributed by atoms with Gasteiger partial charge in [-0.3, -0.25) is 9.59 Å². The summed E-state index contributed by atoms with van der Waals surface area (Å²) in [7, 11) is 0. The van der Waals surface area contributed by atoms with Gasteiger partial charge >= 0.3 is 0 Å². The van der Waals surface area contributed by atoms with Gasteiger partial charge in [-0.25, -0.2) is 4.90 Å². The number of carbonyl (C=O) groups is 2. The number of amides is 2. The quantitative estimate of drug-likeness (QED) is 0.472. The molecule has 4 rings (SSSR count). The highest BCUT2D eigenvalue weighted by Gasteiger charge is 2.36. The number of para-hydroxylation sites is 1. The van der Waals surface area contributed by atoms with Crippen molar-refractivity contribution in [2.75, 3.05) is 4.90 Å². The van der Waals surface area contributed by atoms with Crippen LogP contribution < -0.4 is 9.64 Å². The second-order valence-electron chi connectivity index (χ2n) is 6.89. The van der Waals surface area contributed by atoms with E-state index in [9.17, 15) is 9.59 Å². The second kappa shape index (κ2) is 8.13. The molecule has 1 saturated heterocycles. The number of benzene rings is 3. The molecule has 0 radical (unpaired) electrons. The number of nitrogens with zero attached hydrogens (tertiary/aromatic N) is 1. The minimum absolute atomic E-state index is 0.0442. The van der Waals surface area contributed by atoms with Gasteiger partial charge in [0.2, 0.25) is 0 Å². The first kappa shape index (κ1) is 19.3. The third kappa shape index (κ3) is 3.78. The summed E-state index contributed by atoms with van der Waals surface area (Å²) in [6.45, 7) is 4.08. The SMILES string of the molecule is CC[C@H](C)Oc1ccc2ccccc2c1/C=C1/SC(=O)N(c2ccccc2)C1=O. The third-order valence-electron chi connectivity index (χ3n) is 4.92. The monoisotopic (exact) mass is 403 g/mol. The van der Waals surface area contributed by atoms with Crippen molar-refractivity contribution in [1.82, 2.24) is 0 Å². The molecule has 3 aromatic rings. The number of anilines is 1. The van der Waals surface area contributed by atoms with Crippen molar-refractivity contribution in [2.24, 2.45) is 0 Å². The maximum Gasteiger partial charge on any atom is 0.298 e. The lowest BCUT2D eigenvalue weighted by Gasteiger charge is -2.17. The Labute approximate surface area is 174 Å². The topological polar surface area (TPSA) is 46.6 Å². The lowest BCUT2D eigenvalue weighted by molar-refractivity contribution is -0.113. The van der Waals surface area contributed by atoms with Crippen LogP contribution in [-0.4, -0.2) is 17.3 Å². The first-order chi connectivity index (χ1) is 14.1. The summed E-state index contributed by atoms with van der Waals surface area (Å²) >= 11 is 0.956. The summed E-state index contributed by atoms with van der Waals surface area (Å²) in [4.78, 5) is 27.2. The Kier molecular flexibility index (Phi) is 5.41. The van der Waals surface area contributed by atoms with Crippen molar-refractivity contribution in [3.05, 3.63) is 77.2 Å². The van der Waals surface area contributed by atoms with Crippen molar-refractivity contribution >= 4 is 45.4 Å². The molecule has 0 aliphatic carbocycles. The van der Waals surface area contributed by atoms with Crippen LogP contribution in [0.5, 0.6) is 5.75 Å². The van der Waals surface area contributed by atoms with Gasteiger partial charge in [0.1, 0.15) is 5.75 Å². The first-order valence-electron chi connectivity index (χ1n) is 9.60. The number of imide groups is 1. The summed E-state index contributed by atoms with van der Waals surface area (Å²) in [6, 6.07) is 20.9. The molecule has 0 unspecified atom stereocenters. The first-order valence-corrected chi connectivity index (χ1v) is 10.4. The fraction of sp³-hybridized carbons (Fsp3) is 0.167.